The van der Waals surface area contributed by atoms with Gasteiger partial charge in [-0.05, 0) is 75.5 Å². The molecule has 10 heteroatoms. The first-order valence-electron chi connectivity index (χ1n) is 13.8. The number of hydrogen-bond donors (Lipinski definition) is 1. The second-order valence-corrected chi connectivity index (χ2v) is 13.2. The molecule has 1 amide bonds. The lowest BCUT2D eigenvalue weighted by Crippen LogP contribution is -2.50. The number of hydrogen-bond acceptors (Lipinski definition) is 6. The van der Waals surface area contributed by atoms with Crippen molar-refractivity contribution in [2.75, 3.05) is 26.7 Å². The molecule has 2 aromatic heterocycles. The summed E-state index contributed by atoms with van der Waals surface area (Å²) in [5, 5.41) is 5.23. The highest BCUT2D eigenvalue weighted by Gasteiger charge is 2.30. The van der Waals surface area contributed by atoms with Crippen molar-refractivity contribution >= 4 is 26.9 Å². The Balaban J connectivity index is 1.71. The molecule has 39 heavy (non-hydrogen) atoms. The highest BCUT2D eigenvalue weighted by molar-refractivity contribution is 7.89. The zero-order chi connectivity index (χ0) is 28.7. The Bertz CT molecular complexity index is 1300. The van der Waals surface area contributed by atoms with Gasteiger partial charge in [0.05, 0.1) is 16.9 Å². The van der Waals surface area contributed by atoms with Gasteiger partial charge in [-0.25, -0.2) is 8.42 Å². The van der Waals surface area contributed by atoms with E-state index in [0.29, 0.717) is 36.9 Å². The Morgan fingerprint density at radius 3 is 2.38 bits per heavy atom. The molecule has 3 aromatic rings. The summed E-state index contributed by atoms with van der Waals surface area (Å²) in [6.45, 7) is 13.0. The van der Waals surface area contributed by atoms with E-state index < -0.39 is 16.1 Å². The average Bonchev–Trinajstić information content (AvgIpc) is 3.44. The summed E-state index contributed by atoms with van der Waals surface area (Å²) in [4.78, 5) is 17.9. The van der Waals surface area contributed by atoms with Crippen molar-refractivity contribution < 1.29 is 17.6 Å². The standard InChI is InChI=1S/C29H45N5O4S/c1-21(2)18-34(19-22(3)4)29(35)27(10-8-9-14-32(6)20-25-16-23(5)33(7)30-25)31-39(36,37)26-11-12-28-24(17-26)13-15-38-28/h11-13,15-17,21-22,27,31H,8-10,14,18-20H2,1-7H3/t27-/m0/s1. The highest BCUT2D eigenvalue weighted by Crippen LogP contribution is 2.21. The Morgan fingerprint density at radius 1 is 1.08 bits per heavy atom. The van der Waals surface area contributed by atoms with Gasteiger partial charge in [0.25, 0.3) is 0 Å². The molecular weight excluding hydrogens is 514 g/mol. The summed E-state index contributed by atoms with van der Waals surface area (Å²) in [5.41, 5.74) is 2.75. The molecule has 0 fully saturated rings. The summed E-state index contributed by atoms with van der Waals surface area (Å²) in [6.07, 6.45) is 3.50. The summed E-state index contributed by atoms with van der Waals surface area (Å²) < 4.78 is 36.8. The monoisotopic (exact) mass is 559 g/mol. The number of amides is 1. The molecule has 0 radical (unpaired) electrons. The van der Waals surface area contributed by atoms with Crippen LogP contribution in [0.4, 0.5) is 0 Å². The number of aryl methyl sites for hydroxylation is 2. The summed E-state index contributed by atoms with van der Waals surface area (Å²) in [7, 11) is 0.0662. The van der Waals surface area contributed by atoms with Gasteiger partial charge in [-0.3, -0.25) is 9.48 Å². The second kappa shape index (κ2) is 13.6. The van der Waals surface area contributed by atoms with E-state index in [2.05, 4.69) is 48.5 Å². The molecule has 2 heterocycles. The average molecular weight is 560 g/mol. The van der Waals surface area contributed by atoms with Crippen LogP contribution in [0.15, 0.2) is 45.9 Å². The zero-order valence-electron chi connectivity index (χ0n) is 24.5. The van der Waals surface area contributed by atoms with Crippen LogP contribution < -0.4 is 4.72 Å². The lowest BCUT2D eigenvalue weighted by atomic mass is 10.1. The molecule has 0 saturated carbocycles. The number of sulfonamides is 1. The van der Waals surface area contributed by atoms with E-state index in [4.69, 9.17) is 4.42 Å². The third-order valence-corrected chi connectivity index (χ3v) is 8.16. The van der Waals surface area contributed by atoms with Crippen LogP contribution in [0.1, 0.15) is 58.3 Å². The number of fused-ring (bicyclic) bond motifs is 1. The maximum atomic E-state index is 13.8. The molecule has 9 nitrogen and oxygen atoms in total. The van der Waals surface area contributed by atoms with Crippen LogP contribution in [0.3, 0.4) is 0 Å². The highest BCUT2D eigenvalue weighted by atomic mass is 32.2. The summed E-state index contributed by atoms with van der Waals surface area (Å²) in [6, 6.07) is 7.71. The van der Waals surface area contributed by atoms with Crippen LogP contribution in [-0.4, -0.2) is 66.6 Å². The number of nitrogens with zero attached hydrogens (tertiary/aromatic N) is 4. The Kier molecular flexibility index (Phi) is 10.7. The molecule has 1 atom stereocenters. The molecule has 216 valence electrons. The number of carbonyl (C=O) groups excluding carboxylic acids is 1. The van der Waals surface area contributed by atoms with Crippen LogP contribution in [0.5, 0.6) is 0 Å². The Labute approximate surface area is 233 Å². The van der Waals surface area contributed by atoms with Gasteiger partial charge in [-0.1, -0.05) is 34.1 Å². The molecule has 0 aliphatic heterocycles. The van der Waals surface area contributed by atoms with Crippen molar-refractivity contribution in [2.45, 2.75) is 71.4 Å². The van der Waals surface area contributed by atoms with E-state index in [0.717, 1.165) is 30.9 Å². The van der Waals surface area contributed by atoms with Gasteiger partial charge in [-0.2, -0.15) is 9.82 Å². The first-order chi connectivity index (χ1) is 18.4. The SMILES string of the molecule is Cc1cc(CN(C)CCCC[C@H](NS(=O)(=O)c2ccc3occc3c2)C(=O)N(CC(C)C)CC(C)C)nn1C. The first-order valence-corrected chi connectivity index (χ1v) is 15.3. The van der Waals surface area contributed by atoms with Crippen molar-refractivity contribution in [1.29, 1.82) is 0 Å². The Hall–Kier alpha value is -2.69. The zero-order valence-corrected chi connectivity index (χ0v) is 25.3. The smallest absolute Gasteiger partial charge is 0.241 e. The fraction of sp³-hybridized carbons (Fsp3) is 0.586. The molecule has 0 saturated heterocycles. The molecule has 3 rings (SSSR count). The molecule has 1 aromatic carbocycles. The second-order valence-electron chi connectivity index (χ2n) is 11.5. The first kappa shape index (κ1) is 30.8. The fourth-order valence-corrected chi connectivity index (χ4v) is 6.01. The lowest BCUT2D eigenvalue weighted by Gasteiger charge is -2.30. The summed E-state index contributed by atoms with van der Waals surface area (Å²) in [5.74, 6) is 0.386. The van der Waals surface area contributed by atoms with Gasteiger partial charge in [0, 0.05) is 37.8 Å². The minimum atomic E-state index is -3.92. The summed E-state index contributed by atoms with van der Waals surface area (Å²) >= 11 is 0. The van der Waals surface area contributed by atoms with Crippen molar-refractivity contribution in [1.82, 2.24) is 24.3 Å². The van der Waals surface area contributed by atoms with Crippen LogP contribution in [-0.2, 0) is 28.4 Å². The van der Waals surface area contributed by atoms with Crippen molar-refractivity contribution in [3.8, 4) is 0 Å². The maximum absolute atomic E-state index is 13.8. The predicted octanol–water partition coefficient (Wildman–Crippen LogP) is 4.56. The maximum Gasteiger partial charge on any atom is 0.241 e. The molecule has 0 spiro atoms. The third-order valence-electron chi connectivity index (χ3n) is 6.69. The van der Waals surface area contributed by atoms with Gasteiger partial charge in [-0.15, -0.1) is 0 Å². The van der Waals surface area contributed by atoms with E-state index in [-0.39, 0.29) is 22.6 Å². The van der Waals surface area contributed by atoms with Crippen LogP contribution in [0.25, 0.3) is 11.0 Å². The van der Waals surface area contributed by atoms with Crippen LogP contribution >= 0.6 is 0 Å². The molecule has 0 bridgehead atoms. The number of unbranched alkanes of at least 4 members (excludes halogenated alkanes) is 1. The minimum absolute atomic E-state index is 0.124. The lowest BCUT2D eigenvalue weighted by molar-refractivity contribution is -0.134. The molecular formula is C29H45N5O4S. The van der Waals surface area contributed by atoms with E-state index >= 15 is 0 Å². The van der Waals surface area contributed by atoms with Crippen LogP contribution in [0.2, 0.25) is 0 Å². The Morgan fingerprint density at radius 2 is 1.77 bits per heavy atom. The number of benzene rings is 1. The van der Waals surface area contributed by atoms with E-state index in [1.807, 2.05) is 30.6 Å². The van der Waals surface area contributed by atoms with Gasteiger partial charge in [0.15, 0.2) is 0 Å². The number of furan rings is 1. The third kappa shape index (κ3) is 8.91. The largest absolute Gasteiger partial charge is 0.464 e. The molecule has 1 N–H and O–H groups in total. The van der Waals surface area contributed by atoms with Crippen molar-refractivity contribution in [3.05, 3.63) is 48.0 Å². The van der Waals surface area contributed by atoms with E-state index in [1.54, 1.807) is 18.2 Å². The van der Waals surface area contributed by atoms with Gasteiger partial charge >= 0.3 is 0 Å². The van der Waals surface area contributed by atoms with Crippen LogP contribution in [0, 0.1) is 18.8 Å². The number of nitrogens with one attached hydrogen (secondary N) is 1. The van der Waals surface area contributed by atoms with E-state index in [9.17, 15) is 13.2 Å². The van der Waals surface area contributed by atoms with Gasteiger partial charge in [0.1, 0.15) is 11.6 Å². The normalized spacial score (nSPS) is 13.2. The number of aromatic nitrogens is 2. The van der Waals surface area contributed by atoms with Crippen molar-refractivity contribution in [3.63, 3.8) is 0 Å². The van der Waals surface area contributed by atoms with E-state index in [1.165, 1.54) is 12.3 Å². The molecule has 0 aliphatic rings. The van der Waals surface area contributed by atoms with Gasteiger partial charge in [0.2, 0.25) is 15.9 Å². The molecule has 0 unspecified atom stereocenters. The quantitative estimate of drug-likeness (QED) is 0.274. The fourth-order valence-electron chi connectivity index (χ4n) is 4.75. The van der Waals surface area contributed by atoms with Gasteiger partial charge < -0.3 is 14.2 Å². The number of rotatable bonds is 15. The minimum Gasteiger partial charge on any atom is -0.464 e. The van der Waals surface area contributed by atoms with Crippen molar-refractivity contribution in [2.24, 2.45) is 18.9 Å². The topological polar surface area (TPSA) is 101 Å². The predicted molar refractivity (Wildman–Crippen MR) is 155 cm³/mol. The molecule has 0 aliphatic carbocycles. The number of carbonyl (C=O) groups is 1.